The molecule has 0 aliphatic carbocycles. The predicted octanol–water partition coefficient (Wildman–Crippen LogP) is -0.506. The molecular weight excluding hydrogens is 312 g/mol. The lowest BCUT2D eigenvalue weighted by Gasteiger charge is -2.32. The van der Waals surface area contributed by atoms with Crippen molar-refractivity contribution < 1.29 is 13.2 Å². The van der Waals surface area contributed by atoms with Crippen LogP contribution in [0.3, 0.4) is 0 Å². The molecule has 0 aromatic carbocycles. The summed E-state index contributed by atoms with van der Waals surface area (Å²) in [6, 6.07) is 2.03. The van der Waals surface area contributed by atoms with Gasteiger partial charge in [0.15, 0.2) is 0 Å². The number of hydrogen-bond donors (Lipinski definition) is 2. The Balaban J connectivity index is 1.73. The number of nitrogens with zero attached hydrogens (tertiary/aromatic N) is 2. The van der Waals surface area contributed by atoms with Gasteiger partial charge in [0.25, 0.3) is 10.2 Å². The maximum atomic E-state index is 11.9. The number of aryl methyl sites for hydroxylation is 1. The van der Waals surface area contributed by atoms with Gasteiger partial charge in [-0.25, -0.2) is 5.14 Å². The molecule has 1 aliphatic heterocycles. The first-order valence-electron chi connectivity index (χ1n) is 6.66. The molecule has 3 N–H and O–H groups in total. The highest BCUT2D eigenvalue weighted by Gasteiger charge is 2.24. The van der Waals surface area contributed by atoms with Crippen LogP contribution in [0.25, 0.3) is 0 Å². The van der Waals surface area contributed by atoms with E-state index >= 15 is 0 Å². The third kappa shape index (κ3) is 4.75. The summed E-state index contributed by atoms with van der Waals surface area (Å²) in [5.74, 6) is -0.0492. The van der Waals surface area contributed by atoms with Crippen LogP contribution in [0.4, 0.5) is 0 Å². The minimum atomic E-state index is -3.61. The number of piperazine rings is 1. The molecule has 9 heteroatoms. The molecule has 0 spiro atoms. The fraction of sp³-hybridized carbons (Fsp3) is 0.583. The van der Waals surface area contributed by atoms with E-state index in [1.165, 1.54) is 9.87 Å². The number of carbonyl (C=O) groups is 1. The first kappa shape index (κ1) is 16.4. The van der Waals surface area contributed by atoms with Crippen LogP contribution in [-0.4, -0.2) is 56.3 Å². The van der Waals surface area contributed by atoms with E-state index in [1.807, 2.05) is 23.3 Å². The topological polar surface area (TPSA) is 95.7 Å². The fourth-order valence-corrected chi connectivity index (χ4v) is 3.68. The maximum absolute atomic E-state index is 11.9. The van der Waals surface area contributed by atoms with E-state index in [1.54, 1.807) is 11.3 Å². The molecule has 118 valence electrons. The van der Waals surface area contributed by atoms with Crippen LogP contribution in [0.2, 0.25) is 0 Å². The lowest BCUT2D eigenvalue weighted by Crippen LogP contribution is -2.52. The Morgan fingerprint density at radius 1 is 1.38 bits per heavy atom. The number of carbonyl (C=O) groups excluding carboxylic acids is 1. The smallest absolute Gasteiger partial charge is 0.276 e. The molecule has 7 nitrogen and oxygen atoms in total. The quantitative estimate of drug-likeness (QED) is 0.759. The molecule has 0 radical (unpaired) electrons. The lowest BCUT2D eigenvalue weighted by molar-refractivity contribution is -0.122. The average molecular weight is 332 g/mol. The Morgan fingerprint density at radius 2 is 2.05 bits per heavy atom. The second kappa shape index (κ2) is 6.84. The molecule has 1 aliphatic rings. The van der Waals surface area contributed by atoms with Crippen molar-refractivity contribution in [2.24, 2.45) is 5.14 Å². The molecule has 0 saturated carbocycles. The Morgan fingerprint density at radius 3 is 2.57 bits per heavy atom. The highest BCUT2D eigenvalue weighted by molar-refractivity contribution is 7.86. The molecule has 1 aromatic heterocycles. The van der Waals surface area contributed by atoms with Gasteiger partial charge >= 0.3 is 0 Å². The summed E-state index contributed by atoms with van der Waals surface area (Å²) in [5, 5.41) is 9.97. The molecule has 1 amide bonds. The molecule has 0 bridgehead atoms. The summed E-state index contributed by atoms with van der Waals surface area (Å²) < 4.78 is 23.6. The summed E-state index contributed by atoms with van der Waals surface area (Å²) in [6.07, 6.45) is 0. The van der Waals surface area contributed by atoms with E-state index in [2.05, 4.69) is 5.32 Å². The first-order chi connectivity index (χ1) is 9.86. The van der Waals surface area contributed by atoms with E-state index < -0.39 is 10.2 Å². The van der Waals surface area contributed by atoms with Gasteiger partial charge in [-0.2, -0.15) is 12.7 Å². The third-order valence-electron chi connectivity index (χ3n) is 3.47. The third-order valence-corrected chi connectivity index (χ3v) is 5.58. The first-order valence-corrected chi connectivity index (χ1v) is 9.04. The zero-order valence-electron chi connectivity index (χ0n) is 11.9. The van der Waals surface area contributed by atoms with Crippen LogP contribution in [0.15, 0.2) is 11.4 Å². The molecule has 21 heavy (non-hydrogen) atoms. The van der Waals surface area contributed by atoms with E-state index in [-0.39, 0.29) is 12.5 Å². The molecule has 0 unspecified atom stereocenters. The minimum Gasteiger partial charge on any atom is -0.350 e. The van der Waals surface area contributed by atoms with E-state index in [0.29, 0.717) is 32.7 Å². The van der Waals surface area contributed by atoms with E-state index in [0.717, 1.165) is 4.88 Å². The van der Waals surface area contributed by atoms with Crippen molar-refractivity contribution in [1.82, 2.24) is 14.5 Å². The zero-order chi connectivity index (χ0) is 15.5. The predicted molar refractivity (Wildman–Crippen MR) is 82.0 cm³/mol. The number of thiophene rings is 1. The maximum Gasteiger partial charge on any atom is 0.276 e. The van der Waals surface area contributed by atoms with Crippen LogP contribution in [0.5, 0.6) is 0 Å². The van der Waals surface area contributed by atoms with Crippen molar-refractivity contribution in [3.63, 3.8) is 0 Å². The van der Waals surface area contributed by atoms with Gasteiger partial charge in [0.05, 0.1) is 13.1 Å². The van der Waals surface area contributed by atoms with Gasteiger partial charge < -0.3 is 5.32 Å². The number of hydrogen-bond acceptors (Lipinski definition) is 5. The summed E-state index contributed by atoms with van der Waals surface area (Å²) >= 11 is 1.63. The van der Waals surface area contributed by atoms with Crippen molar-refractivity contribution >= 4 is 27.5 Å². The lowest BCUT2D eigenvalue weighted by atomic mass is 10.3. The van der Waals surface area contributed by atoms with Crippen molar-refractivity contribution in [1.29, 1.82) is 0 Å². The van der Waals surface area contributed by atoms with E-state index in [4.69, 9.17) is 5.14 Å². The molecule has 1 saturated heterocycles. The van der Waals surface area contributed by atoms with Crippen molar-refractivity contribution in [2.75, 3.05) is 32.7 Å². The second-order valence-corrected chi connectivity index (χ2v) is 7.57. The van der Waals surface area contributed by atoms with Gasteiger partial charge in [-0.1, -0.05) is 0 Å². The van der Waals surface area contributed by atoms with Crippen LogP contribution in [0, 0.1) is 6.92 Å². The Hall–Kier alpha value is -1.00. The van der Waals surface area contributed by atoms with Crippen LogP contribution >= 0.6 is 11.3 Å². The van der Waals surface area contributed by atoms with Crippen molar-refractivity contribution in [3.8, 4) is 0 Å². The van der Waals surface area contributed by atoms with Gasteiger partial charge in [0.2, 0.25) is 5.91 Å². The standard InChI is InChI=1S/C12H20N4O3S2/c1-10-2-7-20-11(10)8-14-12(17)9-15-3-5-16(6-4-15)21(13,18)19/h2,7H,3-6,8-9H2,1H3,(H,14,17)(H2,13,18,19). The van der Waals surface area contributed by atoms with E-state index in [9.17, 15) is 13.2 Å². The van der Waals surface area contributed by atoms with Crippen LogP contribution in [-0.2, 0) is 21.5 Å². The summed E-state index contributed by atoms with van der Waals surface area (Å²) in [6.45, 7) is 4.53. The number of amides is 1. The minimum absolute atomic E-state index is 0.0492. The SMILES string of the molecule is Cc1ccsc1CNC(=O)CN1CCN(S(N)(=O)=O)CC1. The van der Waals surface area contributed by atoms with Gasteiger partial charge in [0.1, 0.15) is 0 Å². The van der Waals surface area contributed by atoms with Gasteiger partial charge in [-0.3, -0.25) is 9.69 Å². The summed E-state index contributed by atoms with van der Waals surface area (Å²) in [4.78, 5) is 15.0. The molecule has 2 heterocycles. The molecular formula is C12H20N4O3S2. The van der Waals surface area contributed by atoms with Crippen LogP contribution in [0.1, 0.15) is 10.4 Å². The Labute approximate surface area is 128 Å². The molecule has 1 fully saturated rings. The zero-order valence-corrected chi connectivity index (χ0v) is 13.5. The second-order valence-electron chi connectivity index (χ2n) is 5.02. The number of nitrogens with two attached hydrogens (primary N) is 1. The highest BCUT2D eigenvalue weighted by atomic mass is 32.2. The van der Waals surface area contributed by atoms with Crippen LogP contribution < -0.4 is 10.5 Å². The average Bonchev–Trinajstić information content (AvgIpc) is 2.81. The fourth-order valence-electron chi connectivity index (χ4n) is 2.17. The van der Waals surface area contributed by atoms with Crippen molar-refractivity contribution in [3.05, 3.63) is 21.9 Å². The van der Waals surface area contributed by atoms with Gasteiger partial charge in [-0.05, 0) is 23.9 Å². The monoisotopic (exact) mass is 332 g/mol. The van der Waals surface area contributed by atoms with Crippen molar-refractivity contribution in [2.45, 2.75) is 13.5 Å². The van der Waals surface area contributed by atoms with Gasteiger partial charge in [0, 0.05) is 31.1 Å². The van der Waals surface area contributed by atoms with Gasteiger partial charge in [-0.15, -0.1) is 11.3 Å². The highest BCUT2D eigenvalue weighted by Crippen LogP contribution is 2.14. The Bertz CT molecular complexity index is 591. The summed E-state index contributed by atoms with van der Waals surface area (Å²) in [5.41, 5.74) is 1.18. The molecule has 1 aromatic rings. The molecule has 2 rings (SSSR count). The largest absolute Gasteiger partial charge is 0.350 e. The Kier molecular flexibility index (Phi) is 5.33. The molecule has 0 atom stereocenters. The number of nitrogens with one attached hydrogen (secondary N) is 1. The normalized spacial score (nSPS) is 17.8. The summed E-state index contributed by atoms with van der Waals surface area (Å²) in [7, 11) is -3.61. The number of rotatable bonds is 5.